The number of alkyl halides is 3. The molecule has 1 aromatic heterocycles. The molecule has 1 aromatic rings. The van der Waals surface area contributed by atoms with Gasteiger partial charge in [-0.15, -0.1) is 0 Å². The van der Waals surface area contributed by atoms with Crippen LogP contribution < -0.4 is 16.0 Å². The van der Waals surface area contributed by atoms with Crippen LogP contribution in [0.1, 0.15) is 31.4 Å². The average molecular weight is 307 g/mol. The van der Waals surface area contributed by atoms with E-state index in [0.29, 0.717) is 18.8 Å². The first-order valence-corrected chi connectivity index (χ1v) is 6.64. The van der Waals surface area contributed by atoms with Crippen molar-refractivity contribution in [1.29, 1.82) is 0 Å². The molecule has 5 nitrogen and oxygen atoms in total. The van der Waals surface area contributed by atoms with Crippen molar-refractivity contribution in [2.45, 2.75) is 32.0 Å². The number of hydrazine groups is 1. The molecule has 0 saturated carbocycles. The van der Waals surface area contributed by atoms with Crippen molar-refractivity contribution in [2.24, 2.45) is 5.84 Å². The third-order valence-corrected chi connectivity index (χ3v) is 2.63. The zero-order chi connectivity index (χ0) is 15.7. The van der Waals surface area contributed by atoms with Crippen molar-refractivity contribution in [3.8, 4) is 5.75 Å². The van der Waals surface area contributed by atoms with E-state index in [9.17, 15) is 13.2 Å². The average Bonchev–Trinajstić information content (AvgIpc) is 2.44. The SMILES string of the molecule is CCCOc1cncc(C(CCOCC(F)(F)F)NN)c1. The van der Waals surface area contributed by atoms with Gasteiger partial charge in [-0.25, -0.2) is 0 Å². The van der Waals surface area contributed by atoms with Gasteiger partial charge in [0.15, 0.2) is 0 Å². The van der Waals surface area contributed by atoms with Gasteiger partial charge in [0.1, 0.15) is 12.4 Å². The number of aromatic nitrogens is 1. The topological polar surface area (TPSA) is 69.4 Å². The molecule has 1 heterocycles. The molecular weight excluding hydrogens is 287 g/mol. The summed E-state index contributed by atoms with van der Waals surface area (Å²) < 4.78 is 45.9. The molecule has 0 radical (unpaired) electrons. The Morgan fingerprint density at radius 3 is 2.71 bits per heavy atom. The minimum absolute atomic E-state index is 0.0611. The van der Waals surface area contributed by atoms with E-state index in [-0.39, 0.29) is 12.6 Å². The largest absolute Gasteiger partial charge is 0.492 e. The van der Waals surface area contributed by atoms with Crippen molar-refractivity contribution in [2.75, 3.05) is 19.8 Å². The number of hydrogen-bond acceptors (Lipinski definition) is 5. The Morgan fingerprint density at radius 1 is 1.33 bits per heavy atom. The van der Waals surface area contributed by atoms with Gasteiger partial charge in [0, 0.05) is 18.8 Å². The van der Waals surface area contributed by atoms with Gasteiger partial charge in [0.2, 0.25) is 0 Å². The number of halogens is 3. The van der Waals surface area contributed by atoms with E-state index < -0.39 is 12.8 Å². The molecule has 0 bridgehead atoms. The first kappa shape index (κ1) is 17.7. The number of nitrogens with two attached hydrogens (primary N) is 1. The summed E-state index contributed by atoms with van der Waals surface area (Å²) in [7, 11) is 0. The summed E-state index contributed by atoms with van der Waals surface area (Å²) in [5.74, 6) is 6.03. The maximum absolute atomic E-state index is 12.0. The molecule has 8 heteroatoms. The zero-order valence-electron chi connectivity index (χ0n) is 11.8. The number of nitrogens with zero attached hydrogens (tertiary/aromatic N) is 1. The second-order valence-corrected chi connectivity index (χ2v) is 4.48. The lowest BCUT2D eigenvalue weighted by molar-refractivity contribution is -0.174. The minimum Gasteiger partial charge on any atom is -0.492 e. The van der Waals surface area contributed by atoms with E-state index in [2.05, 4.69) is 15.1 Å². The second kappa shape index (κ2) is 8.81. The maximum Gasteiger partial charge on any atom is 0.411 e. The Kier molecular flexibility index (Phi) is 7.41. The van der Waals surface area contributed by atoms with Crippen molar-refractivity contribution in [1.82, 2.24) is 10.4 Å². The smallest absolute Gasteiger partial charge is 0.411 e. The molecule has 1 atom stereocenters. The van der Waals surface area contributed by atoms with Gasteiger partial charge in [-0.2, -0.15) is 13.2 Å². The Balaban J connectivity index is 2.51. The predicted octanol–water partition coefficient (Wildman–Crippen LogP) is 2.34. The van der Waals surface area contributed by atoms with Crippen LogP contribution in [-0.4, -0.2) is 31.0 Å². The molecule has 0 amide bonds. The number of nitrogens with one attached hydrogen (secondary N) is 1. The first-order valence-electron chi connectivity index (χ1n) is 6.64. The lowest BCUT2D eigenvalue weighted by Crippen LogP contribution is -2.29. The number of pyridine rings is 1. The molecule has 0 aliphatic heterocycles. The Hall–Kier alpha value is -1.38. The molecule has 0 aliphatic rings. The van der Waals surface area contributed by atoms with Crippen LogP contribution in [0.3, 0.4) is 0 Å². The molecule has 0 spiro atoms. The third kappa shape index (κ3) is 7.26. The highest BCUT2D eigenvalue weighted by molar-refractivity contribution is 5.25. The van der Waals surface area contributed by atoms with E-state index in [4.69, 9.17) is 10.6 Å². The van der Waals surface area contributed by atoms with Gasteiger partial charge in [0.05, 0.1) is 12.8 Å². The van der Waals surface area contributed by atoms with Crippen LogP contribution in [0, 0.1) is 0 Å². The van der Waals surface area contributed by atoms with Gasteiger partial charge in [-0.3, -0.25) is 16.3 Å². The summed E-state index contributed by atoms with van der Waals surface area (Å²) in [6, 6.07) is 1.41. The zero-order valence-corrected chi connectivity index (χ0v) is 11.8. The summed E-state index contributed by atoms with van der Waals surface area (Å²) >= 11 is 0. The van der Waals surface area contributed by atoms with Crippen molar-refractivity contribution < 1.29 is 22.6 Å². The summed E-state index contributed by atoms with van der Waals surface area (Å²) in [5.41, 5.74) is 3.28. The van der Waals surface area contributed by atoms with E-state index in [0.717, 1.165) is 12.0 Å². The lowest BCUT2D eigenvalue weighted by Gasteiger charge is -2.17. The van der Waals surface area contributed by atoms with Crippen LogP contribution in [0.25, 0.3) is 0 Å². The molecule has 3 N–H and O–H groups in total. The van der Waals surface area contributed by atoms with Crippen LogP contribution in [-0.2, 0) is 4.74 Å². The number of ether oxygens (including phenoxy) is 2. The monoisotopic (exact) mass is 307 g/mol. The van der Waals surface area contributed by atoms with Crippen LogP contribution in [0.2, 0.25) is 0 Å². The van der Waals surface area contributed by atoms with E-state index in [1.807, 2.05) is 6.92 Å². The van der Waals surface area contributed by atoms with Crippen LogP contribution in [0.4, 0.5) is 13.2 Å². The van der Waals surface area contributed by atoms with Gasteiger partial charge in [0.25, 0.3) is 0 Å². The summed E-state index contributed by atoms with van der Waals surface area (Å²) in [6.07, 6.45) is 0.0145. The fraction of sp³-hybridized carbons (Fsp3) is 0.615. The molecular formula is C13H20F3N3O2. The first-order chi connectivity index (χ1) is 9.96. The van der Waals surface area contributed by atoms with Crippen LogP contribution in [0.5, 0.6) is 5.75 Å². The fourth-order valence-electron chi connectivity index (χ4n) is 1.66. The minimum atomic E-state index is -4.32. The highest BCUT2D eigenvalue weighted by Crippen LogP contribution is 2.21. The second-order valence-electron chi connectivity index (χ2n) is 4.48. The van der Waals surface area contributed by atoms with Crippen LogP contribution >= 0.6 is 0 Å². The van der Waals surface area contributed by atoms with E-state index in [1.54, 1.807) is 18.5 Å². The summed E-state index contributed by atoms with van der Waals surface area (Å²) in [6.45, 7) is 1.23. The summed E-state index contributed by atoms with van der Waals surface area (Å²) in [4.78, 5) is 4.03. The molecule has 1 rings (SSSR count). The van der Waals surface area contributed by atoms with Crippen molar-refractivity contribution in [3.63, 3.8) is 0 Å². The molecule has 120 valence electrons. The number of rotatable bonds is 9. The molecule has 0 aliphatic carbocycles. The Bertz CT molecular complexity index is 416. The van der Waals surface area contributed by atoms with Crippen LogP contribution in [0.15, 0.2) is 18.5 Å². The van der Waals surface area contributed by atoms with Crippen molar-refractivity contribution in [3.05, 3.63) is 24.0 Å². The normalized spacial score (nSPS) is 13.2. The van der Waals surface area contributed by atoms with Gasteiger partial charge in [-0.05, 0) is 24.5 Å². The molecule has 21 heavy (non-hydrogen) atoms. The highest BCUT2D eigenvalue weighted by Gasteiger charge is 2.27. The maximum atomic E-state index is 12.0. The fourth-order valence-corrected chi connectivity index (χ4v) is 1.66. The van der Waals surface area contributed by atoms with Gasteiger partial charge in [-0.1, -0.05) is 6.92 Å². The van der Waals surface area contributed by atoms with E-state index >= 15 is 0 Å². The molecule has 0 fully saturated rings. The summed E-state index contributed by atoms with van der Waals surface area (Å²) in [5, 5.41) is 0. The Labute approximate surface area is 121 Å². The predicted molar refractivity (Wildman–Crippen MR) is 71.6 cm³/mol. The van der Waals surface area contributed by atoms with Gasteiger partial charge < -0.3 is 9.47 Å². The molecule has 0 saturated heterocycles. The highest BCUT2D eigenvalue weighted by atomic mass is 19.4. The van der Waals surface area contributed by atoms with Gasteiger partial charge >= 0.3 is 6.18 Å². The lowest BCUT2D eigenvalue weighted by atomic mass is 10.1. The third-order valence-electron chi connectivity index (χ3n) is 2.63. The van der Waals surface area contributed by atoms with Crippen molar-refractivity contribution >= 4 is 0 Å². The Morgan fingerprint density at radius 2 is 2.10 bits per heavy atom. The molecule has 1 unspecified atom stereocenters. The number of hydrogen-bond donors (Lipinski definition) is 2. The van der Waals surface area contributed by atoms with E-state index in [1.165, 1.54) is 0 Å². The standard InChI is InChI=1S/C13H20F3N3O2/c1-2-4-21-11-6-10(7-18-8-11)12(19-17)3-5-20-9-13(14,15)16/h6-8,12,19H,2-5,9,17H2,1H3. The molecule has 0 aromatic carbocycles. The quantitative estimate of drug-likeness (QED) is 0.416.